The summed E-state index contributed by atoms with van der Waals surface area (Å²) in [5.74, 6) is -0.442. The summed E-state index contributed by atoms with van der Waals surface area (Å²) in [6.45, 7) is 5.58. The maximum absolute atomic E-state index is 13.0. The number of hydrogen-bond donors (Lipinski definition) is 2. The quantitative estimate of drug-likeness (QED) is 0.401. The Labute approximate surface area is 208 Å². The maximum Gasteiger partial charge on any atom is 0.333 e. The molecule has 2 aromatic carbocycles. The number of amides is 1. The fraction of sp³-hybridized carbons (Fsp3) is 0.346. The first-order chi connectivity index (χ1) is 16.7. The lowest BCUT2D eigenvalue weighted by Gasteiger charge is -2.19. The van der Waals surface area contributed by atoms with Crippen LogP contribution < -0.4 is 14.8 Å². The Morgan fingerprint density at radius 2 is 1.83 bits per heavy atom. The largest absolute Gasteiger partial charge is 0.493 e. The predicted octanol–water partition coefficient (Wildman–Crippen LogP) is 4.49. The molecule has 9 heteroatoms. The molecule has 1 aromatic heterocycles. The van der Waals surface area contributed by atoms with E-state index in [9.17, 15) is 14.7 Å². The molecule has 0 saturated heterocycles. The van der Waals surface area contributed by atoms with E-state index < -0.39 is 12.1 Å². The first-order valence-corrected chi connectivity index (χ1v) is 12.0. The molecule has 0 radical (unpaired) electrons. The van der Waals surface area contributed by atoms with Gasteiger partial charge in [0, 0.05) is 29.0 Å². The van der Waals surface area contributed by atoms with Crippen LogP contribution in [-0.4, -0.2) is 48.4 Å². The second-order valence-corrected chi connectivity index (χ2v) is 9.38. The fourth-order valence-corrected chi connectivity index (χ4v) is 4.58. The van der Waals surface area contributed by atoms with E-state index in [0.29, 0.717) is 28.3 Å². The Bertz CT molecular complexity index is 1180. The van der Waals surface area contributed by atoms with Crippen LogP contribution in [0.3, 0.4) is 0 Å². The second-order valence-electron chi connectivity index (χ2n) is 8.18. The minimum Gasteiger partial charge on any atom is -0.493 e. The van der Waals surface area contributed by atoms with Crippen LogP contribution in [0.25, 0.3) is 10.6 Å². The summed E-state index contributed by atoms with van der Waals surface area (Å²) in [5.41, 5.74) is 2.67. The lowest BCUT2D eigenvalue weighted by atomic mass is 10.0. The summed E-state index contributed by atoms with van der Waals surface area (Å²) in [5, 5.41) is 13.2. The SMILES string of the molecule is COc1cc(CC(OC(C)C)C(=O)O)cc(CNC(=O)c2nc(-c3ccccc3)sc2C)c1OC. The zero-order valence-electron chi connectivity index (χ0n) is 20.5. The lowest BCUT2D eigenvalue weighted by molar-refractivity contribution is -0.153. The number of carboxylic acids is 1. The number of aryl methyl sites for hydroxylation is 1. The molecular weight excluding hydrogens is 468 g/mol. The number of rotatable bonds is 11. The Hall–Kier alpha value is -3.43. The summed E-state index contributed by atoms with van der Waals surface area (Å²) in [7, 11) is 3.02. The van der Waals surface area contributed by atoms with Gasteiger partial charge >= 0.3 is 5.97 Å². The molecule has 3 aromatic rings. The van der Waals surface area contributed by atoms with Gasteiger partial charge in [0.25, 0.3) is 5.91 Å². The lowest BCUT2D eigenvalue weighted by Crippen LogP contribution is -2.29. The van der Waals surface area contributed by atoms with Crippen LogP contribution >= 0.6 is 11.3 Å². The molecular formula is C26H30N2O6S. The van der Waals surface area contributed by atoms with Crippen LogP contribution in [0.15, 0.2) is 42.5 Å². The third kappa shape index (κ3) is 6.58. The third-order valence-electron chi connectivity index (χ3n) is 5.22. The highest BCUT2D eigenvalue weighted by Crippen LogP contribution is 2.34. The molecule has 1 amide bonds. The summed E-state index contributed by atoms with van der Waals surface area (Å²) < 4.78 is 16.5. The number of carboxylic acid groups (broad SMARTS) is 1. The van der Waals surface area contributed by atoms with E-state index in [-0.39, 0.29) is 25.0 Å². The summed E-state index contributed by atoms with van der Waals surface area (Å²) >= 11 is 1.46. The van der Waals surface area contributed by atoms with E-state index in [0.717, 1.165) is 15.4 Å². The molecule has 8 nitrogen and oxygen atoms in total. The first kappa shape index (κ1) is 26.2. The number of aromatic nitrogens is 1. The molecule has 0 spiro atoms. The first-order valence-electron chi connectivity index (χ1n) is 11.2. The van der Waals surface area contributed by atoms with Crippen molar-refractivity contribution in [2.45, 2.75) is 45.9 Å². The Kier molecular flexibility index (Phi) is 8.84. The highest BCUT2D eigenvalue weighted by atomic mass is 32.1. The van der Waals surface area contributed by atoms with Crippen molar-refractivity contribution < 1.29 is 28.9 Å². The van der Waals surface area contributed by atoms with Gasteiger partial charge in [-0.25, -0.2) is 9.78 Å². The number of hydrogen-bond acceptors (Lipinski definition) is 7. The van der Waals surface area contributed by atoms with Crippen LogP contribution in [0.2, 0.25) is 0 Å². The van der Waals surface area contributed by atoms with Gasteiger partial charge in [-0.2, -0.15) is 0 Å². The number of carbonyl (C=O) groups excluding carboxylic acids is 1. The molecule has 35 heavy (non-hydrogen) atoms. The number of methoxy groups -OCH3 is 2. The molecule has 1 unspecified atom stereocenters. The highest BCUT2D eigenvalue weighted by molar-refractivity contribution is 7.15. The van der Waals surface area contributed by atoms with E-state index in [4.69, 9.17) is 14.2 Å². The number of nitrogens with one attached hydrogen (secondary N) is 1. The summed E-state index contributed by atoms with van der Waals surface area (Å²) in [6.07, 6.45) is -1.11. The van der Waals surface area contributed by atoms with E-state index in [1.807, 2.05) is 37.3 Å². The van der Waals surface area contributed by atoms with E-state index in [1.165, 1.54) is 25.6 Å². The van der Waals surface area contributed by atoms with Crippen molar-refractivity contribution in [3.8, 4) is 22.1 Å². The van der Waals surface area contributed by atoms with Crippen molar-refractivity contribution in [1.29, 1.82) is 0 Å². The van der Waals surface area contributed by atoms with Gasteiger partial charge in [0.1, 0.15) is 10.7 Å². The average Bonchev–Trinajstić information content (AvgIpc) is 3.23. The van der Waals surface area contributed by atoms with E-state index in [1.54, 1.807) is 26.0 Å². The second kappa shape index (κ2) is 11.8. The number of thiazole rings is 1. The van der Waals surface area contributed by atoms with Crippen LogP contribution in [-0.2, 0) is 22.5 Å². The molecule has 0 bridgehead atoms. The van der Waals surface area contributed by atoms with Crippen LogP contribution in [0.4, 0.5) is 0 Å². The van der Waals surface area contributed by atoms with Crippen LogP contribution in [0.5, 0.6) is 11.5 Å². The predicted molar refractivity (Wildman–Crippen MR) is 134 cm³/mol. The Morgan fingerprint density at radius 3 is 2.43 bits per heavy atom. The highest BCUT2D eigenvalue weighted by Gasteiger charge is 2.23. The minimum atomic E-state index is -1.04. The molecule has 0 aliphatic carbocycles. The van der Waals surface area contributed by atoms with Gasteiger partial charge in [-0.3, -0.25) is 4.79 Å². The summed E-state index contributed by atoms with van der Waals surface area (Å²) in [6, 6.07) is 13.2. The van der Waals surface area contributed by atoms with Gasteiger partial charge in [-0.05, 0) is 38.5 Å². The molecule has 0 aliphatic heterocycles. The number of ether oxygens (including phenoxy) is 3. The molecule has 1 atom stereocenters. The Balaban J connectivity index is 1.82. The maximum atomic E-state index is 13.0. The number of nitrogens with zero attached hydrogens (tertiary/aromatic N) is 1. The molecule has 0 saturated carbocycles. The van der Waals surface area contributed by atoms with Gasteiger partial charge in [0.05, 0.1) is 20.3 Å². The van der Waals surface area contributed by atoms with Crippen molar-refractivity contribution in [2.24, 2.45) is 0 Å². The smallest absolute Gasteiger partial charge is 0.333 e. The third-order valence-corrected chi connectivity index (χ3v) is 6.24. The van der Waals surface area contributed by atoms with Gasteiger partial charge in [0.2, 0.25) is 0 Å². The average molecular weight is 499 g/mol. The van der Waals surface area contributed by atoms with Crippen molar-refractivity contribution in [1.82, 2.24) is 10.3 Å². The standard InChI is InChI=1S/C26H30N2O6S/c1-15(2)34-21(26(30)31)13-17-11-19(23(33-5)20(12-17)32-4)14-27-24(29)22-16(3)35-25(28-22)18-9-7-6-8-10-18/h6-12,15,21H,13-14H2,1-5H3,(H,27,29)(H,30,31). The van der Waals surface area contributed by atoms with Crippen molar-refractivity contribution in [2.75, 3.05) is 14.2 Å². The zero-order chi connectivity index (χ0) is 25.5. The van der Waals surface area contributed by atoms with Gasteiger partial charge in [0.15, 0.2) is 17.6 Å². The van der Waals surface area contributed by atoms with E-state index >= 15 is 0 Å². The topological polar surface area (TPSA) is 107 Å². The summed E-state index contributed by atoms with van der Waals surface area (Å²) in [4.78, 5) is 30.0. The zero-order valence-corrected chi connectivity index (χ0v) is 21.3. The minimum absolute atomic E-state index is 0.139. The number of aliphatic carboxylic acids is 1. The number of carbonyl (C=O) groups is 2. The molecule has 0 aliphatic rings. The number of benzene rings is 2. The van der Waals surface area contributed by atoms with Gasteiger partial charge in [-0.15, -0.1) is 11.3 Å². The van der Waals surface area contributed by atoms with Crippen molar-refractivity contribution in [3.05, 3.63) is 64.2 Å². The van der Waals surface area contributed by atoms with E-state index in [2.05, 4.69) is 10.3 Å². The normalized spacial score (nSPS) is 11.8. The van der Waals surface area contributed by atoms with Gasteiger partial charge in [-0.1, -0.05) is 30.3 Å². The molecule has 2 N–H and O–H groups in total. The molecule has 1 heterocycles. The van der Waals surface area contributed by atoms with Crippen molar-refractivity contribution in [3.63, 3.8) is 0 Å². The fourth-order valence-electron chi connectivity index (χ4n) is 3.66. The monoisotopic (exact) mass is 498 g/mol. The van der Waals surface area contributed by atoms with Crippen LogP contribution in [0, 0.1) is 6.92 Å². The Morgan fingerprint density at radius 1 is 1.11 bits per heavy atom. The molecule has 0 fully saturated rings. The van der Waals surface area contributed by atoms with Crippen molar-refractivity contribution >= 4 is 23.2 Å². The molecule has 3 rings (SSSR count). The van der Waals surface area contributed by atoms with Crippen LogP contribution in [0.1, 0.15) is 40.3 Å². The van der Waals surface area contributed by atoms with Gasteiger partial charge < -0.3 is 24.6 Å². The molecule has 186 valence electrons.